The average molecular weight is 264 g/mol. The fourth-order valence-corrected chi connectivity index (χ4v) is 3.34. The Morgan fingerprint density at radius 3 is 2.68 bits per heavy atom. The van der Waals surface area contributed by atoms with Crippen LogP contribution in [0.2, 0.25) is 0 Å². The predicted molar refractivity (Wildman–Crippen MR) is 73.5 cm³/mol. The third-order valence-corrected chi connectivity index (χ3v) is 4.45. The number of nitrogens with zero attached hydrogens (tertiary/aromatic N) is 2. The quantitative estimate of drug-likeness (QED) is 0.714. The average Bonchev–Trinajstić information content (AvgIpc) is 2.37. The van der Waals surface area contributed by atoms with Crippen molar-refractivity contribution < 1.29 is 4.79 Å². The minimum absolute atomic E-state index is 0.000613. The molecule has 2 aliphatic rings. The van der Waals surface area contributed by atoms with Gasteiger partial charge in [0.15, 0.2) is 0 Å². The number of carbonyl (C=O) groups is 1. The zero-order valence-corrected chi connectivity index (χ0v) is 11.7. The van der Waals surface area contributed by atoms with Gasteiger partial charge in [0.1, 0.15) is 0 Å². The summed E-state index contributed by atoms with van der Waals surface area (Å²) in [7, 11) is 2.24. The second-order valence-corrected chi connectivity index (χ2v) is 5.71. The van der Waals surface area contributed by atoms with Gasteiger partial charge < -0.3 is 15.5 Å². The lowest BCUT2D eigenvalue weighted by atomic mass is 9.82. The fourth-order valence-electron chi connectivity index (χ4n) is 3.34. The number of fused-ring (bicyclic) bond motifs is 2. The second kappa shape index (κ2) is 6.88. The molecule has 2 fully saturated rings. The molecule has 2 saturated heterocycles. The number of hydrogen-bond acceptors (Lipinski definition) is 4. The van der Waals surface area contributed by atoms with Gasteiger partial charge in [0.25, 0.3) is 0 Å². The molecule has 2 unspecified atom stereocenters. The number of nitriles is 1. The maximum Gasteiger partial charge on any atom is 0.233 e. The molecular formula is C14H24N4O. The topological polar surface area (TPSA) is 68.2 Å². The van der Waals surface area contributed by atoms with Crippen molar-refractivity contribution in [3.05, 3.63) is 0 Å². The molecule has 2 heterocycles. The third-order valence-electron chi connectivity index (χ3n) is 4.45. The molecule has 2 bridgehead atoms. The summed E-state index contributed by atoms with van der Waals surface area (Å²) in [4.78, 5) is 14.1. The van der Waals surface area contributed by atoms with Gasteiger partial charge in [-0.05, 0) is 32.7 Å². The minimum atomic E-state index is -0.000613. The first kappa shape index (κ1) is 14.3. The number of carbonyl (C=O) groups excluding carboxylic acids is 1. The van der Waals surface area contributed by atoms with Crippen LogP contribution in [0.1, 0.15) is 38.5 Å². The number of rotatable bonds is 5. The standard InChI is InChI=1S/C14H24N4O/c1-18-12-4-2-5-13(18)9-11(8-12)17-10-14(19)16-7-3-6-15/h11-13,17H,2-5,7-10H2,1H3,(H,16,19). The van der Waals surface area contributed by atoms with Crippen molar-refractivity contribution in [2.75, 3.05) is 20.1 Å². The van der Waals surface area contributed by atoms with Crippen molar-refractivity contribution in [3.8, 4) is 6.07 Å². The molecule has 106 valence electrons. The summed E-state index contributed by atoms with van der Waals surface area (Å²) in [5.41, 5.74) is 0. The van der Waals surface area contributed by atoms with Crippen LogP contribution in [0.5, 0.6) is 0 Å². The van der Waals surface area contributed by atoms with Gasteiger partial charge in [0, 0.05) is 24.7 Å². The van der Waals surface area contributed by atoms with Crippen LogP contribution in [0.25, 0.3) is 0 Å². The lowest BCUT2D eigenvalue weighted by Gasteiger charge is -2.47. The third kappa shape index (κ3) is 3.92. The van der Waals surface area contributed by atoms with E-state index in [2.05, 4.69) is 22.6 Å². The molecule has 0 aliphatic carbocycles. The van der Waals surface area contributed by atoms with Crippen molar-refractivity contribution in [3.63, 3.8) is 0 Å². The number of hydrogen-bond donors (Lipinski definition) is 2. The van der Waals surface area contributed by atoms with E-state index in [9.17, 15) is 4.79 Å². The molecule has 1 amide bonds. The lowest BCUT2D eigenvalue weighted by molar-refractivity contribution is -0.120. The highest BCUT2D eigenvalue weighted by atomic mass is 16.1. The highest BCUT2D eigenvalue weighted by Gasteiger charge is 2.35. The summed E-state index contributed by atoms with van der Waals surface area (Å²) in [6.07, 6.45) is 6.61. The molecular weight excluding hydrogens is 240 g/mol. The fraction of sp³-hybridized carbons (Fsp3) is 0.857. The van der Waals surface area contributed by atoms with E-state index in [1.165, 1.54) is 19.3 Å². The van der Waals surface area contributed by atoms with E-state index in [-0.39, 0.29) is 5.91 Å². The Hall–Kier alpha value is -1.12. The molecule has 0 aromatic rings. The van der Waals surface area contributed by atoms with Crippen molar-refractivity contribution >= 4 is 5.91 Å². The number of nitrogens with one attached hydrogen (secondary N) is 2. The molecule has 5 heteroatoms. The van der Waals surface area contributed by atoms with Gasteiger partial charge in [-0.3, -0.25) is 4.79 Å². The maximum absolute atomic E-state index is 11.6. The normalized spacial score (nSPS) is 30.6. The van der Waals surface area contributed by atoms with E-state index < -0.39 is 0 Å². The summed E-state index contributed by atoms with van der Waals surface area (Å²) < 4.78 is 0. The Bertz CT molecular complexity index is 338. The van der Waals surface area contributed by atoms with Gasteiger partial charge in [-0.15, -0.1) is 0 Å². The van der Waals surface area contributed by atoms with Crippen molar-refractivity contribution in [2.45, 2.75) is 56.7 Å². The molecule has 0 aromatic heterocycles. The summed E-state index contributed by atoms with van der Waals surface area (Å²) >= 11 is 0. The number of amides is 1. The zero-order chi connectivity index (χ0) is 13.7. The molecule has 19 heavy (non-hydrogen) atoms. The first-order chi connectivity index (χ1) is 9.20. The second-order valence-electron chi connectivity index (χ2n) is 5.71. The molecule has 2 atom stereocenters. The van der Waals surface area contributed by atoms with Gasteiger partial charge in [0.2, 0.25) is 5.91 Å². The Labute approximate surface area is 115 Å². The molecule has 0 aromatic carbocycles. The van der Waals surface area contributed by atoms with Gasteiger partial charge in [-0.2, -0.15) is 5.26 Å². The van der Waals surface area contributed by atoms with E-state index in [1.807, 2.05) is 6.07 Å². The van der Waals surface area contributed by atoms with Crippen LogP contribution < -0.4 is 10.6 Å². The molecule has 0 spiro atoms. The monoisotopic (exact) mass is 264 g/mol. The molecule has 2 rings (SSSR count). The van der Waals surface area contributed by atoms with E-state index in [1.54, 1.807) is 0 Å². The predicted octanol–water partition coefficient (Wildman–Crippen LogP) is 0.621. The Kier molecular flexibility index (Phi) is 5.17. The summed E-state index contributed by atoms with van der Waals surface area (Å²) in [5.74, 6) is -0.000613. The Balaban J connectivity index is 1.69. The van der Waals surface area contributed by atoms with E-state index >= 15 is 0 Å². The first-order valence-electron chi connectivity index (χ1n) is 7.29. The summed E-state index contributed by atoms with van der Waals surface area (Å²) in [5, 5.41) is 14.5. The van der Waals surface area contributed by atoms with Crippen molar-refractivity contribution in [2.24, 2.45) is 0 Å². The van der Waals surface area contributed by atoms with Gasteiger partial charge >= 0.3 is 0 Å². The smallest absolute Gasteiger partial charge is 0.233 e. The van der Waals surface area contributed by atoms with Crippen LogP contribution in [-0.2, 0) is 4.79 Å². The molecule has 2 aliphatic heterocycles. The Morgan fingerprint density at radius 1 is 1.37 bits per heavy atom. The van der Waals surface area contributed by atoms with Crippen LogP contribution in [0.15, 0.2) is 0 Å². The van der Waals surface area contributed by atoms with Crippen LogP contribution in [-0.4, -0.2) is 49.1 Å². The summed E-state index contributed by atoms with van der Waals surface area (Å²) in [6, 6.07) is 3.86. The maximum atomic E-state index is 11.6. The van der Waals surface area contributed by atoms with Crippen LogP contribution >= 0.6 is 0 Å². The van der Waals surface area contributed by atoms with Crippen LogP contribution in [0.3, 0.4) is 0 Å². The molecule has 0 saturated carbocycles. The SMILES string of the molecule is CN1C2CCCC1CC(NCC(=O)NCCC#N)C2. The van der Waals surface area contributed by atoms with Crippen LogP contribution in [0.4, 0.5) is 0 Å². The first-order valence-corrected chi connectivity index (χ1v) is 7.29. The van der Waals surface area contributed by atoms with Crippen molar-refractivity contribution in [1.29, 1.82) is 5.26 Å². The van der Waals surface area contributed by atoms with Crippen molar-refractivity contribution in [1.82, 2.24) is 15.5 Å². The largest absolute Gasteiger partial charge is 0.354 e. The van der Waals surface area contributed by atoms with Gasteiger partial charge in [-0.1, -0.05) is 6.42 Å². The molecule has 0 radical (unpaired) electrons. The number of piperidine rings is 2. The van der Waals surface area contributed by atoms with Crippen LogP contribution in [0, 0.1) is 11.3 Å². The van der Waals surface area contributed by atoms with Gasteiger partial charge in [-0.25, -0.2) is 0 Å². The minimum Gasteiger partial charge on any atom is -0.354 e. The van der Waals surface area contributed by atoms with E-state index in [0.29, 0.717) is 37.6 Å². The van der Waals surface area contributed by atoms with E-state index in [0.717, 1.165) is 12.8 Å². The molecule has 2 N–H and O–H groups in total. The Morgan fingerprint density at radius 2 is 2.05 bits per heavy atom. The lowest BCUT2D eigenvalue weighted by Crippen LogP contribution is -2.55. The highest BCUT2D eigenvalue weighted by molar-refractivity contribution is 5.78. The van der Waals surface area contributed by atoms with E-state index in [4.69, 9.17) is 5.26 Å². The highest BCUT2D eigenvalue weighted by Crippen LogP contribution is 2.32. The molecule has 5 nitrogen and oxygen atoms in total. The van der Waals surface area contributed by atoms with Gasteiger partial charge in [0.05, 0.1) is 19.0 Å². The zero-order valence-electron chi connectivity index (χ0n) is 11.7. The summed E-state index contributed by atoms with van der Waals surface area (Å²) in [6.45, 7) is 0.828.